The first-order valence-corrected chi connectivity index (χ1v) is 12.1. The molecule has 2 aromatic heterocycles. The van der Waals surface area contributed by atoms with Crippen molar-refractivity contribution in [1.29, 1.82) is 0 Å². The molecule has 0 saturated carbocycles. The Hall–Kier alpha value is -2.00. The predicted molar refractivity (Wildman–Crippen MR) is 118 cm³/mol. The van der Waals surface area contributed by atoms with Gasteiger partial charge in [-0.3, -0.25) is 0 Å². The third-order valence-electron chi connectivity index (χ3n) is 5.10. The topological polar surface area (TPSA) is 100 Å². The third-order valence-corrected chi connectivity index (χ3v) is 6.37. The summed E-state index contributed by atoms with van der Waals surface area (Å²) in [7, 11) is -3.14. The third kappa shape index (κ3) is 5.54. The Morgan fingerprint density at radius 1 is 1.24 bits per heavy atom. The molecule has 160 valence electrons. The number of fused-ring (bicyclic) bond motifs is 1. The highest BCUT2D eigenvalue weighted by Gasteiger charge is 2.25. The first kappa shape index (κ1) is 21.7. The van der Waals surface area contributed by atoms with E-state index in [9.17, 15) is 8.42 Å². The van der Waals surface area contributed by atoms with E-state index in [0.717, 1.165) is 35.3 Å². The van der Waals surface area contributed by atoms with Crippen LogP contribution in [0.2, 0.25) is 0 Å². The minimum absolute atomic E-state index is 0.240. The first-order valence-electron chi connectivity index (χ1n) is 10.3. The van der Waals surface area contributed by atoms with Gasteiger partial charge in [-0.25, -0.2) is 27.7 Å². The van der Waals surface area contributed by atoms with Crippen LogP contribution in [-0.2, 0) is 10.0 Å². The standard InChI is InChI=1S/C20H32N6O2S/c1-13(2)17-9-16-11-22-20(25-18(16)19(24-17)23-14(3)4)21-10-15-7-6-8-26(12-15)29(5,27)28/h9,11,13-15H,6-8,10,12H2,1-5H3,(H,23,24)(H,21,22,25). The molecule has 0 spiro atoms. The van der Waals surface area contributed by atoms with Crippen molar-refractivity contribution >= 4 is 32.7 Å². The molecule has 0 radical (unpaired) electrons. The van der Waals surface area contributed by atoms with Crippen LogP contribution in [-0.4, -0.2) is 59.6 Å². The van der Waals surface area contributed by atoms with Crippen LogP contribution in [0.5, 0.6) is 0 Å². The van der Waals surface area contributed by atoms with Gasteiger partial charge in [-0.05, 0) is 44.6 Å². The summed E-state index contributed by atoms with van der Waals surface area (Å²) < 4.78 is 25.2. The van der Waals surface area contributed by atoms with Gasteiger partial charge in [-0.15, -0.1) is 0 Å². The number of sulfonamides is 1. The van der Waals surface area contributed by atoms with E-state index in [1.165, 1.54) is 6.26 Å². The molecule has 3 rings (SSSR count). The highest BCUT2D eigenvalue weighted by molar-refractivity contribution is 7.88. The van der Waals surface area contributed by atoms with Crippen molar-refractivity contribution in [2.24, 2.45) is 5.92 Å². The summed E-state index contributed by atoms with van der Waals surface area (Å²) in [6.07, 6.45) is 4.97. The molecule has 1 atom stereocenters. The van der Waals surface area contributed by atoms with Crippen LogP contribution in [0, 0.1) is 5.92 Å². The first-order chi connectivity index (χ1) is 13.6. The van der Waals surface area contributed by atoms with E-state index < -0.39 is 10.0 Å². The lowest BCUT2D eigenvalue weighted by Crippen LogP contribution is -2.41. The average molecular weight is 421 g/mol. The van der Waals surface area contributed by atoms with E-state index in [0.29, 0.717) is 31.5 Å². The Kier molecular flexibility index (Phi) is 6.58. The van der Waals surface area contributed by atoms with Crippen LogP contribution in [0.3, 0.4) is 0 Å². The number of anilines is 2. The van der Waals surface area contributed by atoms with Gasteiger partial charge in [0, 0.05) is 43.0 Å². The van der Waals surface area contributed by atoms with E-state index in [4.69, 9.17) is 9.97 Å². The summed E-state index contributed by atoms with van der Waals surface area (Å²) in [5.74, 6) is 1.87. The highest BCUT2D eigenvalue weighted by atomic mass is 32.2. The average Bonchev–Trinajstić information content (AvgIpc) is 2.65. The van der Waals surface area contributed by atoms with Gasteiger partial charge < -0.3 is 10.6 Å². The Morgan fingerprint density at radius 3 is 2.66 bits per heavy atom. The van der Waals surface area contributed by atoms with Crippen LogP contribution < -0.4 is 10.6 Å². The molecule has 1 saturated heterocycles. The van der Waals surface area contributed by atoms with Crippen molar-refractivity contribution in [3.05, 3.63) is 18.0 Å². The van der Waals surface area contributed by atoms with E-state index in [1.807, 2.05) is 12.3 Å². The molecule has 1 unspecified atom stereocenters. The molecule has 0 aromatic carbocycles. The Bertz CT molecular complexity index is 961. The molecular weight excluding hydrogens is 388 g/mol. The molecule has 8 nitrogen and oxygen atoms in total. The molecular formula is C20H32N6O2S. The van der Waals surface area contributed by atoms with Gasteiger partial charge in [-0.1, -0.05) is 13.8 Å². The molecule has 0 bridgehead atoms. The van der Waals surface area contributed by atoms with Gasteiger partial charge in [0.05, 0.1) is 6.26 Å². The Morgan fingerprint density at radius 2 is 2.00 bits per heavy atom. The predicted octanol–water partition coefficient (Wildman–Crippen LogP) is 3.05. The van der Waals surface area contributed by atoms with Crippen LogP contribution in [0.1, 0.15) is 52.1 Å². The SMILES string of the molecule is CC(C)Nc1nc(C(C)C)cc2cnc(NCC3CCCN(S(C)(=O)=O)C3)nc12. The van der Waals surface area contributed by atoms with E-state index >= 15 is 0 Å². The van der Waals surface area contributed by atoms with Crippen LogP contribution >= 0.6 is 0 Å². The van der Waals surface area contributed by atoms with Crippen molar-refractivity contribution in [1.82, 2.24) is 19.3 Å². The van der Waals surface area contributed by atoms with Gasteiger partial charge in [0.2, 0.25) is 16.0 Å². The zero-order valence-corrected chi connectivity index (χ0v) is 18.8. The highest BCUT2D eigenvalue weighted by Crippen LogP contribution is 2.26. The summed E-state index contributed by atoms with van der Waals surface area (Å²) in [6, 6.07) is 2.28. The fourth-order valence-electron chi connectivity index (χ4n) is 3.55. The van der Waals surface area contributed by atoms with Gasteiger partial charge >= 0.3 is 0 Å². The van der Waals surface area contributed by atoms with Gasteiger partial charge in [0.15, 0.2) is 5.82 Å². The summed E-state index contributed by atoms with van der Waals surface area (Å²) in [5, 5.41) is 7.65. The number of hydrogen-bond donors (Lipinski definition) is 2. The fourth-order valence-corrected chi connectivity index (χ4v) is 4.49. The van der Waals surface area contributed by atoms with Gasteiger partial charge in [0.1, 0.15) is 5.52 Å². The van der Waals surface area contributed by atoms with Crippen molar-refractivity contribution in [2.45, 2.75) is 52.5 Å². The normalized spacial score (nSPS) is 18.5. The largest absolute Gasteiger partial charge is 0.366 e. The number of nitrogens with one attached hydrogen (secondary N) is 2. The molecule has 3 heterocycles. The maximum absolute atomic E-state index is 11.8. The molecule has 2 N–H and O–H groups in total. The lowest BCUT2D eigenvalue weighted by atomic mass is 10.00. The monoisotopic (exact) mass is 420 g/mol. The Balaban J connectivity index is 1.79. The second-order valence-electron chi connectivity index (χ2n) is 8.49. The minimum Gasteiger partial charge on any atom is -0.366 e. The summed E-state index contributed by atoms with van der Waals surface area (Å²) in [4.78, 5) is 13.9. The molecule has 29 heavy (non-hydrogen) atoms. The zero-order chi connectivity index (χ0) is 21.2. The molecule has 0 amide bonds. The number of hydrogen-bond acceptors (Lipinski definition) is 7. The lowest BCUT2D eigenvalue weighted by Gasteiger charge is -2.30. The van der Waals surface area contributed by atoms with E-state index in [1.54, 1.807) is 4.31 Å². The number of pyridine rings is 1. The van der Waals surface area contributed by atoms with Crippen molar-refractivity contribution in [2.75, 3.05) is 36.5 Å². The zero-order valence-electron chi connectivity index (χ0n) is 17.9. The van der Waals surface area contributed by atoms with Crippen LogP contribution in [0.15, 0.2) is 12.3 Å². The maximum Gasteiger partial charge on any atom is 0.223 e. The second kappa shape index (κ2) is 8.79. The van der Waals surface area contributed by atoms with Gasteiger partial charge in [-0.2, -0.15) is 0 Å². The quantitative estimate of drug-likeness (QED) is 0.710. The molecule has 1 fully saturated rings. The van der Waals surface area contributed by atoms with Crippen molar-refractivity contribution in [3.8, 4) is 0 Å². The molecule has 2 aromatic rings. The molecule has 1 aliphatic rings. The van der Waals surface area contributed by atoms with E-state index in [2.05, 4.69) is 43.3 Å². The lowest BCUT2D eigenvalue weighted by molar-refractivity contribution is 0.276. The fraction of sp³-hybridized carbons (Fsp3) is 0.650. The molecule has 9 heteroatoms. The summed E-state index contributed by atoms with van der Waals surface area (Å²) >= 11 is 0. The number of rotatable bonds is 7. The van der Waals surface area contributed by atoms with Crippen molar-refractivity contribution in [3.63, 3.8) is 0 Å². The van der Waals surface area contributed by atoms with Crippen LogP contribution in [0.25, 0.3) is 10.9 Å². The Labute approximate surface area is 173 Å². The van der Waals surface area contributed by atoms with Crippen molar-refractivity contribution < 1.29 is 8.42 Å². The number of piperidine rings is 1. The summed E-state index contributed by atoms with van der Waals surface area (Å²) in [6.45, 7) is 10.2. The number of aromatic nitrogens is 3. The smallest absolute Gasteiger partial charge is 0.223 e. The van der Waals surface area contributed by atoms with Crippen LogP contribution in [0.4, 0.5) is 11.8 Å². The summed E-state index contributed by atoms with van der Waals surface area (Å²) in [5.41, 5.74) is 1.80. The minimum atomic E-state index is -3.14. The second-order valence-corrected chi connectivity index (χ2v) is 10.5. The number of nitrogens with zero attached hydrogens (tertiary/aromatic N) is 4. The molecule has 1 aliphatic heterocycles. The van der Waals surface area contributed by atoms with E-state index in [-0.39, 0.29) is 12.0 Å². The maximum atomic E-state index is 11.8. The van der Waals surface area contributed by atoms with Gasteiger partial charge in [0.25, 0.3) is 0 Å². The molecule has 0 aliphatic carbocycles.